The van der Waals surface area contributed by atoms with E-state index in [-0.39, 0.29) is 11.5 Å². The van der Waals surface area contributed by atoms with Crippen molar-refractivity contribution in [2.24, 2.45) is 5.41 Å². The minimum Gasteiger partial charge on any atom is -0.393 e. The maximum atomic E-state index is 9.55. The molecule has 0 bridgehead atoms. The Morgan fingerprint density at radius 3 is 2.00 bits per heavy atom. The zero-order chi connectivity index (χ0) is 13.2. The Morgan fingerprint density at radius 2 is 1.59 bits per heavy atom. The van der Waals surface area contributed by atoms with Crippen LogP contribution < -0.4 is 0 Å². The molecule has 0 spiro atoms. The summed E-state index contributed by atoms with van der Waals surface area (Å²) in [5.74, 6) is 0. The van der Waals surface area contributed by atoms with Gasteiger partial charge in [-0.3, -0.25) is 0 Å². The topological polar surface area (TPSA) is 20.2 Å². The van der Waals surface area contributed by atoms with Crippen LogP contribution in [-0.4, -0.2) is 11.2 Å². The maximum absolute atomic E-state index is 9.55. The predicted octanol–water partition coefficient (Wildman–Crippen LogP) is 3.95. The van der Waals surface area contributed by atoms with Gasteiger partial charge in [0, 0.05) is 0 Å². The normalized spacial score (nSPS) is 13.8. The largest absolute Gasteiger partial charge is 0.393 e. The average Bonchev–Trinajstić information content (AvgIpc) is 2.09. The van der Waals surface area contributed by atoms with Crippen LogP contribution in [0.15, 0.2) is 12.1 Å². The van der Waals surface area contributed by atoms with Gasteiger partial charge in [-0.25, -0.2) is 0 Å². The van der Waals surface area contributed by atoms with Gasteiger partial charge in [0.25, 0.3) is 0 Å². The molecule has 1 heteroatoms. The van der Waals surface area contributed by atoms with Crippen molar-refractivity contribution in [2.45, 2.75) is 60.5 Å². The number of aliphatic hydroxyl groups excluding tert-OH is 1. The summed E-state index contributed by atoms with van der Waals surface area (Å²) < 4.78 is 0. The lowest BCUT2D eigenvalue weighted by molar-refractivity contribution is 0.129. The highest BCUT2D eigenvalue weighted by Gasteiger charge is 2.22. The van der Waals surface area contributed by atoms with Crippen molar-refractivity contribution in [3.8, 4) is 0 Å². The lowest BCUT2D eigenvalue weighted by atomic mass is 9.78. The van der Waals surface area contributed by atoms with Gasteiger partial charge >= 0.3 is 0 Å². The van der Waals surface area contributed by atoms with Crippen LogP contribution in [0.5, 0.6) is 0 Å². The zero-order valence-electron chi connectivity index (χ0n) is 12.1. The molecule has 1 atom stereocenters. The van der Waals surface area contributed by atoms with E-state index >= 15 is 0 Å². The van der Waals surface area contributed by atoms with E-state index in [1.807, 2.05) is 6.92 Å². The second kappa shape index (κ2) is 5.22. The fourth-order valence-electron chi connectivity index (χ4n) is 2.84. The van der Waals surface area contributed by atoms with Crippen molar-refractivity contribution in [1.29, 1.82) is 0 Å². The summed E-state index contributed by atoms with van der Waals surface area (Å²) in [5, 5.41) is 9.55. The molecule has 1 N–H and O–H groups in total. The van der Waals surface area contributed by atoms with Crippen molar-refractivity contribution in [1.82, 2.24) is 0 Å². The van der Waals surface area contributed by atoms with Crippen molar-refractivity contribution >= 4 is 0 Å². The van der Waals surface area contributed by atoms with E-state index in [1.165, 1.54) is 22.3 Å². The second-order valence-corrected chi connectivity index (χ2v) is 6.27. The van der Waals surface area contributed by atoms with E-state index < -0.39 is 0 Å². The Morgan fingerprint density at radius 1 is 1.12 bits per heavy atom. The number of aliphatic hydroxyl groups is 1. The van der Waals surface area contributed by atoms with Gasteiger partial charge in [0.05, 0.1) is 6.10 Å². The van der Waals surface area contributed by atoms with E-state index in [9.17, 15) is 5.11 Å². The van der Waals surface area contributed by atoms with Crippen molar-refractivity contribution < 1.29 is 5.11 Å². The third-order valence-electron chi connectivity index (χ3n) is 3.34. The Kier molecular flexibility index (Phi) is 4.37. The van der Waals surface area contributed by atoms with Gasteiger partial charge in [0.15, 0.2) is 0 Å². The van der Waals surface area contributed by atoms with Crippen LogP contribution in [0.4, 0.5) is 0 Å². The summed E-state index contributed by atoms with van der Waals surface area (Å²) in [4.78, 5) is 0. The first kappa shape index (κ1) is 14.2. The minimum atomic E-state index is -0.226. The summed E-state index contributed by atoms with van der Waals surface area (Å²) in [7, 11) is 0. The molecular formula is C16H26O. The van der Waals surface area contributed by atoms with Crippen LogP contribution in [-0.2, 0) is 6.42 Å². The van der Waals surface area contributed by atoms with Crippen molar-refractivity contribution in [3.05, 3.63) is 34.4 Å². The van der Waals surface area contributed by atoms with Crippen LogP contribution in [0.1, 0.15) is 49.4 Å². The first-order chi connectivity index (χ1) is 7.71. The molecule has 1 unspecified atom stereocenters. The third kappa shape index (κ3) is 4.16. The lowest BCUT2D eigenvalue weighted by Crippen LogP contribution is -2.22. The average molecular weight is 234 g/mol. The van der Waals surface area contributed by atoms with Gasteiger partial charge < -0.3 is 5.11 Å². The first-order valence-electron chi connectivity index (χ1n) is 6.46. The van der Waals surface area contributed by atoms with Gasteiger partial charge in [-0.15, -0.1) is 0 Å². The highest BCUT2D eigenvalue weighted by atomic mass is 16.3. The van der Waals surface area contributed by atoms with Gasteiger partial charge in [0.2, 0.25) is 0 Å². The van der Waals surface area contributed by atoms with Crippen LogP contribution in [0.3, 0.4) is 0 Å². The predicted molar refractivity (Wildman–Crippen MR) is 74.4 cm³/mol. The molecule has 17 heavy (non-hydrogen) atoms. The van der Waals surface area contributed by atoms with Gasteiger partial charge in [-0.1, -0.05) is 31.5 Å². The SMILES string of the molecule is Cc1cc(C)c(CC(C)(C)CC(C)O)c(C)c1. The van der Waals surface area contributed by atoms with Crippen LogP contribution >= 0.6 is 0 Å². The molecule has 0 aromatic heterocycles. The minimum absolute atomic E-state index is 0.152. The van der Waals surface area contributed by atoms with E-state index in [1.54, 1.807) is 0 Å². The summed E-state index contributed by atoms with van der Waals surface area (Å²) in [6.45, 7) is 12.9. The first-order valence-corrected chi connectivity index (χ1v) is 6.46. The number of benzene rings is 1. The van der Waals surface area contributed by atoms with E-state index in [0.29, 0.717) is 0 Å². The van der Waals surface area contributed by atoms with Crippen molar-refractivity contribution in [2.75, 3.05) is 0 Å². The van der Waals surface area contributed by atoms with Crippen LogP contribution in [0, 0.1) is 26.2 Å². The highest BCUT2D eigenvalue weighted by Crippen LogP contribution is 2.30. The van der Waals surface area contributed by atoms with E-state index in [0.717, 1.165) is 12.8 Å². The molecule has 0 radical (unpaired) electrons. The monoisotopic (exact) mass is 234 g/mol. The zero-order valence-corrected chi connectivity index (χ0v) is 12.1. The fraction of sp³-hybridized carbons (Fsp3) is 0.625. The Bertz CT molecular complexity index is 366. The Hall–Kier alpha value is -0.820. The molecule has 0 heterocycles. The molecule has 0 saturated carbocycles. The van der Waals surface area contributed by atoms with Crippen LogP contribution in [0.25, 0.3) is 0 Å². The molecule has 0 aliphatic carbocycles. The van der Waals surface area contributed by atoms with Gasteiger partial charge in [-0.2, -0.15) is 0 Å². The number of hydrogen-bond acceptors (Lipinski definition) is 1. The van der Waals surface area contributed by atoms with Gasteiger partial charge in [-0.05, 0) is 62.6 Å². The number of rotatable bonds is 4. The Balaban J connectivity index is 2.95. The molecular weight excluding hydrogens is 208 g/mol. The smallest absolute Gasteiger partial charge is 0.0517 e. The second-order valence-electron chi connectivity index (χ2n) is 6.27. The molecule has 0 aliphatic heterocycles. The highest BCUT2D eigenvalue weighted by molar-refractivity contribution is 5.38. The molecule has 1 nitrogen and oxygen atoms in total. The van der Waals surface area contributed by atoms with E-state index in [2.05, 4.69) is 46.8 Å². The standard InChI is InChI=1S/C16H26O/c1-11-7-12(2)15(13(3)8-11)10-16(5,6)9-14(4)17/h7-8,14,17H,9-10H2,1-6H3. The van der Waals surface area contributed by atoms with E-state index in [4.69, 9.17) is 0 Å². The van der Waals surface area contributed by atoms with Crippen LogP contribution in [0.2, 0.25) is 0 Å². The molecule has 1 aromatic rings. The molecule has 0 aliphatic rings. The molecule has 0 fully saturated rings. The number of aryl methyl sites for hydroxylation is 3. The van der Waals surface area contributed by atoms with Gasteiger partial charge in [0.1, 0.15) is 0 Å². The lowest BCUT2D eigenvalue weighted by Gasteiger charge is -2.28. The van der Waals surface area contributed by atoms with Crippen molar-refractivity contribution in [3.63, 3.8) is 0 Å². The molecule has 0 saturated heterocycles. The maximum Gasteiger partial charge on any atom is 0.0517 e. The summed E-state index contributed by atoms with van der Waals surface area (Å²) in [6, 6.07) is 4.50. The molecule has 96 valence electrons. The third-order valence-corrected chi connectivity index (χ3v) is 3.34. The Labute approximate surface area is 106 Å². The number of hydrogen-bond donors (Lipinski definition) is 1. The molecule has 1 aromatic carbocycles. The fourth-order valence-corrected chi connectivity index (χ4v) is 2.84. The molecule has 1 rings (SSSR count). The summed E-state index contributed by atoms with van der Waals surface area (Å²) in [6.07, 6.45) is 1.66. The molecule has 0 amide bonds. The summed E-state index contributed by atoms with van der Waals surface area (Å²) >= 11 is 0. The quantitative estimate of drug-likeness (QED) is 0.836. The summed E-state index contributed by atoms with van der Waals surface area (Å²) in [5.41, 5.74) is 5.68.